The van der Waals surface area contributed by atoms with Gasteiger partial charge in [-0.05, 0) is 112 Å². The SMILES string of the molecule is c1ccc([Si](c2ccccc2)(c2ccccc2)c2cccc(-n3c4ccccc4c4c(-n5c6ccccc6c6ccc(-c7ccc8c(c7)-c7ccccc7[Si]8(c7ccccc7)c7ccccc7)cc65)cccc43)c2)cc1. The second-order valence-corrected chi connectivity index (χ2v) is 27.8. The summed E-state index contributed by atoms with van der Waals surface area (Å²) >= 11 is 0. The Morgan fingerprint density at radius 3 is 1.41 bits per heavy atom. The van der Waals surface area contributed by atoms with Gasteiger partial charge in [0.2, 0.25) is 0 Å². The Balaban J connectivity index is 0.934. The number of nitrogens with zero attached hydrogens (tertiary/aromatic N) is 2. The highest BCUT2D eigenvalue weighted by Gasteiger charge is 2.48. The summed E-state index contributed by atoms with van der Waals surface area (Å²) < 4.78 is 5.04. The topological polar surface area (TPSA) is 9.86 Å². The first-order valence-electron chi connectivity index (χ1n) is 26.4. The minimum atomic E-state index is -2.81. The van der Waals surface area contributed by atoms with Gasteiger partial charge in [-0.1, -0.05) is 255 Å². The molecule has 0 bridgehead atoms. The van der Waals surface area contributed by atoms with E-state index in [0.717, 1.165) is 11.4 Å². The standard InChI is InChI=1S/C72H50N2Si2/c1-6-25-54(26-7-1)75(55-27-8-2-9-28-55,56-29-10-3-11-30-56)59-35-22-24-53(50-59)73-66-40-20-17-38-63(66)72-67(73)41-23-42-68(72)74-65-39-19-16-36-60(65)61-46-44-52(49-69(61)74)51-45-47-71-64(48-51)62-37-18-21-43-70(62)76(71,57-31-12-4-13-32-57)58-33-14-5-15-34-58/h1-50H. The Kier molecular flexibility index (Phi) is 10.3. The van der Waals surface area contributed by atoms with E-state index in [1.165, 1.54) is 107 Å². The molecule has 1 aliphatic heterocycles. The molecule has 14 aromatic rings. The minimum Gasteiger partial charge on any atom is -0.309 e. The largest absolute Gasteiger partial charge is 0.309 e. The van der Waals surface area contributed by atoms with Crippen LogP contribution in [-0.2, 0) is 0 Å². The van der Waals surface area contributed by atoms with Crippen LogP contribution in [0, 0.1) is 0 Å². The van der Waals surface area contributed by atoms with Gasteiger partial charge in [-0.15, -0.1) is 0 Å². The molecule has 0 fully saturated rings. The monoisotopic (exact) mass is 998 g/mol. The maximum Gasteiger partial charge on any atom is 0.180 e. The Morgan fingerprint density at radius 1 is 0.276 bits per heavy atom. The van der Waals surface area contributed by atoms with Crippen LogP contribution in [0.1, 0.15) is 0 Å². The molecule has 356 valence electrons. The Labute approximate surface area is 444 Å². The van der Waals surface area contributed by atoms with Gasteiger partial charge >= 0.3 is 0 Å². The fourth-order valence-electron chi connectivity index (χ4n) is 13.4. The molecule has 3 heterocycles. The van der Waals surface area contributed by atoms with Crippen LogP contribution < -0.4 is 41.5 Å². The minimum absolute atomic E-state index is 1.15. The maximum absolute atomic E-state index is 2.81. The zero-order valence-corrected chi connectivity index (χ0v) is 43.8. The first kappa shape index (κ1) is 44.2. The summed E-state index contributed by atoms with van der Waals surface area (Å²) in [5.41, 5.74) is 12.1. The predicted octanol–water partition coefficient (Wildman–Crippen LogP) is 12.3. The number of benzene rings is 12. The highest BCUT2D eigenvalue weighted by molar-refractivity contribution is 7.22. The smallest absolute Gasteiger partial charge is 0.180 e. The molecule has 2 nitrogen and oxygen atoms in total. The summed E-state index contributed by atoms with van der Waals surface area (Å²) in [5.74, 6) is 0. The van der Waals surface area contributed by atoms with E-state index in [2.05, 4.69) is 312 Å². The number of hydrogen-bond donors (Lipinski definition) is 0. The average molecular weight is 999 g/mol. The van der Waals surface area contributed by atoms with Crippen LogP contribution in [0.5, 0.6) is 0 Å². The molecule has 0 radical (unpaired) electrons. The molecule has 0 spiro atoms. The summed E-state index contributed by atoms with van der Waals surface area (Å²) in [6, 6.07) is 114. The Bertz CT molecular complexity index is 4370. The van der Waals surface area contributed by atoms with Gasteiger partial charge in [0.1, 0.15) is 0 Å². The molecule has 4 heteroatoms. The van der Waals surface area contributed by atoms with Gasteiger partial charge in [0.05, 0.1) is 27.8 Å². The molecule has 0 saturated carbocycles. The predicted molar refractivity (Wildman–Crippen MR) is 327 cm³/mol. The Hall–Kier alpha value is -9.33. The summed E-state index contributed by atoms with van der Waals surface area (Å²) in [6.45, 7) is 0. The van der Waals surface area contributed by atoms with Crippen LogP contribution >= 0.6 is 0 Å². The highest BCUT2D eigenvalue weighted by atomic mass is 28.3. The lowest BCUT2D eigenvalue weighted by molar-refractivity contribution is 1.17. The molecule has 0 amide bonds. The normalized spacial score (nSPS) is 12.8. The molecule has 76 heavy (non-hydrogen) atoms. The summed E-state index contributed by atoms with van der Waals surface area (Å²) in [6.07, 6.45) is 0. The third kappa shape index (κ3) is 6.45. The lowest BCUT2D eigenvalue weighted by Crippen LogP contribution is -2.74. The lowest BCUT2D eigenvalue weighted by Gasteiger charge is -2.34. The van der Waals surface area contributed by atoms with Crippen molar-refractivity contribution in [2.75, 3.05) is 0 Å². The van der Waals surface area contributed by atoms with Gasteiger partial charge < -0.3 is 9.13 Å². The van der Waals surface area contributed by atoms with Gasteiger partial charge in [0.15, 0.2) is 16.1 Å². The second-order valence-electron chi connectivity index (χ2n) is 20.3. The number of aromatic nitrogens is 2. The van der Waals surface area contributed by atoms with Gasteiger partial charge in [0.25, 0.3) is 0 Å². The van der Waals surface area contributed by atoms with Crippen LogP contribution in [0.2, 0.25) is 0 Å². The quantitative estimate of drug-likeness (QED) is 0.101. The molecule has 0 N–H and O–H groups in total. The van der Waals surface area contributed by atoms with Crippen molar-refractivity contribution in [1.29, 1.82) is 0 Å². The fourth-order valence-corrected chi connectivity index (χ4v) is 23.4. The molecule has 0 aliphatic carbocycles. The van der Waals surface area contributed by atoms with Crippen molar-refractivity contribution in [3.8, 4) is 33.6 Å². The average Bonchev–Trinajstić information content (AvgIpc) is 4.14. The Morgan fingerprint density at radius 2 is 0.750 bits per heavy atom. The molecule has 2 aromatic heterocycles. The molecule has 0 unspecified atom stereocenters. The molecular weight excluding hydrogens is 949 g/mol. The van der Waals surface area contributed by atoms with Crippen molar-refractivity contribution in [3.63, 3.8) is 0 Å². The third-order valence-electron chi connectivity index (χ3n) is 16.5. The van der Waals surface area contributed by atoms with Gasteiger partial charge in [0, 0.05) is 27.2 Å². The number of para-hydroxylation sites is 2. The van der Waals surface area contributed by atoms with E-state index in [4.69, 9.17) is 0 Å². The van der Waals surface area contributed by atoms with Gasteiger partial charge in [-0.25, -0.2) is 0 Å². The van der Waals surface area contributed by atoms with Gasteiger partial charge in [-0.3, -0.25) is 0 Å². The molecule has 15 rings (SSSR count). The zero-order valence-electron chi connectivity index (χ0n) is 41.8. The van der Waals surface area contributed by atoms with E-state index in [0.29, 0.717) is 0 Å². The van der Waals surface area contributed by atoms with Crippen molar-refractivity contribution >= 4 is 101 Å². The van der Waals surface area contributed by atoms with Crippen LogP contribution in [0.3, 0.4) is 0 Å². The van der Waals surface area contributed by atoms with Crippen LogP contribution in [-0.4, -0.2) is 25.3 Å². The number of rotatable bonds is 9. The van der Waals surface area contributed by atoms with Crippen LogP contribution in [0.4, 0.5) is 0 Å². The van der Waals surface area contributed by atoms with E-state index in [1.807, 2.05) is 0 Å². The maximum atomic E-state index is 2.53. The second kappa shape index (κ2) is 17.7. The van der Waals surface area contributed by atoms with Gasteiger partial charge in [-0.2, -0.15) is 0 Å². The molecule has 1 aliphatic rings. The van der Waals surface area contributed by atoms with Crippen molar-refractivity contribution in [2.45, 2.75) is 0 Å². The summed E-state index contributed by atoms with van der Waals surface area (Å²) in [5, 5.41) is 16.1. The van der Waals surface area contributed by atoms with Crippen LogP contribution in [0.25, 0.3) is 77.2 Å². The van der Waals surface area contributed by atoms with Crippen molar-refractivity contribution in [1.82, 2.24) is 9.13 Å². The highest BCUT2D eigenvalue weighted by Crippen LogP contribution is 2.41. The number of hydrogen-bond acceptors (Lipinski definition) is 0. The number of fused-ring (bicyclic) bond motifs is 9. The van der Waals surface area contributed by atoms with E-state index >= 15 is 0 Å². The third-order valence-corrected chi connectivity index (χ3v) is 26.2. The van der Waals surface area contributed by atoms with Crippen molar-refractivity contribution in [2.24, 2.45) is 0 Å². The zero-order chi connectivity index (χ0) is 50.2. The van der Waals surface area contributed by atoms with Crippen molar-refractivity contribution < 1.29 is 0 Å². The molecule has 12 aromatic carbocycles. The molecule has 0 saturated heterocycles. The fraction of sp³-hybridized carbons (Fsp3) is 0. The van der Waals surface area contributed by atoms with E-state index in [9.17, 15) is 0 Å². The molecule has 0 atom stereocenters. The first-order valence-corrected chi connectivity index (χ1v) is 30.4. The van der Waals surface area contributed by atoms with Crippen molar-refractivity contribution in [3.05, 3.63) is 303 Å². The van der Waals surface area contributed by atoms with Crippen LogP contribution in [0.15, 0.2) is 303 Å². The summed E-state index contributed by atoms with van der Waals surface area (Å²) in [4.78, 5) is 0. The lowest BCUT2D eigenvalue weighted by atomic mass is 9.98. The first-order chi connectivity index (χ1) is 37.7. The summed E-state index contributed by atoms with van der Waals surface area (Å²) in [7, 11) is -5.41. The molecular formula is C72H50N2Si2. The van der Waals surface area contributed by atoms with E-state index < -0.39 is 16.1 Å². The van der Waals surface area contributed by atoms with E-state index in [-0.39, 0.29) is 0 Å². The van der Waals surface area contributed by atoms with E-state index in [1.54, 1.807) is 0 Å².